The van der Waals surface area contributed by atoms with Gasteiger partial charge in [-0.25, -0.2) is 9.97 Å². The Bertz CT molecular complexity index is 1270. The number of carbonyl (C=O) groups is 1. The van der Waals surface area contributed by atoms with E-state index in [2.05, 4.69) is 24.8 Å². The van der Waals surface area contributed by atoms with Gasteiger partial charge in [0, 0.05) is 42.5 Å². The molecule has 2 aromatic carbocycles. The fraction of sp³-hybridized carbons (Fsp3) is 0.370. The number of aromatic nitrogens is 2. The summed E-state index contributed by atoms with van der Waals surface area (Å²) in [4.78, 5) is 26.5. The van der Waals surface area contributed by atoms with Gasteiger partial charge in [0.25, 0.3) is 0 Å². The van der Waals surface area contributed by atoms with Crippen molar-refractivity contribution in [3.05, 3.63) is 60.3 Å². The SMILES string of the molecule is O=C(C=Cc1ccc(OC(F)(F)F)cc1)Nc1ccc2nc(N3CCC(N4CCCC4)CC3)ncc2c1. The topological polar surface area (TPSA) is 70.6 Å². The van der Waals surface area contributed by atoms with Gasteiger partial charge < -0.3 is 19.9 Å². The summed E-state index contributed by atoms with van der Waals surface area (Å²) in [6, 6.07) is 11.4. The van der Waals surface area contributed by atoms with Crippen LogP contribution in [-0.4, -0.2) is 59.4 Å². The van der Waals surface area contributed by atoms with Crippen LogP contribution in [0, 0.1) is 0 Å². The Morgan fingerprint density at radius 3 is 2.46 bits per heavy atom. The zero-order chi connectivity index (χ0) is 25.8. The smallest absolute Gasteiger partial charge is 0.406 e. The number of fused-ring (bicyclic) bond motifs is 1. The lowest BCUT2D eigenvalue weighted by molar-refractivity contribution is -0.274. The first-order valence-corrected chi connectivity index (χ1v) is 12.4. The maximum atomic E-state index is 12.3. The van der Waals surface area contributed by atoms with Crippen LogP contribution in [0.25, 0.3) is 17.0 Å². The first-order valence-electron chi connectivity index (χ1n) is 12.4. The second-order valence-electron chi connectivity index (χ2n) is 9.34. The van der Waals surface area contributed by atoms with Crippen LogP contribution in [0.4, 0.5) is 24.8 Å². The molecule has 1 N–H and O–H groups in total. The van der Waals surface area contributed by atoms with E-state index >= 15 is 0 Å². The van der Waals surface area contributed by atoms with Crippen molar-refractivity contribution in [2.75, 3.05) is 36.4 Å². The standard InChI is InChI=1S/C27H28F3N5O2/c28-27(29,30)37-23-7-3-19(4-8-23)5-10-25(36)32-21-6-9-24-20(17-21)18-31-26(33-24)35-15-11-22(12-16-35)34-13-1-2-14-34/h3-10,17-18,22H,1-2,11-16H2,(H,32,36). The van der Waals surface area contributed by atoms with Crippen molar-refractivity contribution in [3.63, 3.8) is 0 Å². The largest absolute Gasteiger partial charge is 0.573 e. The summed E-state index contributed by atoms with van der Waals surface area (Å²) in [6.07, 6.45) is 4.74. The van der Waals surface area contributed by atoms with E-state index in [-0.39, 0.29) is 11.7 Å². The van der Waals surface area contributed by atoms with Gasteiger partial charge in [0.1, 0.15) is 5.75 Å². The van der Waals surface area contributed by atoms with E-state index in [4.69, 9.17) is 4.98 Å². The number of nitrogens with one attached hydrogen (secondary N) is 1. The van der Waals surface area contributed by atoms with Crippen molar-refractivity contribution in [1.29, 1.82) is 0 Å². The quantitative estimate of drug-likeness (QED) is 0.456. The zero-order valence-corrected chi connectivity index (χ0v) is 20.2. The van der Waals surface area contributed by atoms with Crippen LogP contribution in [-0.2, 0) is 4.79 Å². The van der Waals surface area contributed by atoms with Crippen molar-refractivity contribution >= 4 is 34.5 Å². The van der Waals surface area contributed by atoms with E-state index in [1.165, 1.54) is 62.3 Å². The molecule has 2 aliphatic heterocycles. The molecule has 5 rings (SSSR count). The molecule has 1 aromatic heterocycles. The summed E-state index contributed by atoms with van der Waals surface area (Å²) in [5.74, 6) is 0.0503. The Hall–Kier alpha value is -3.66. The molecular formula is C27H28F3N5O2. The number of benzene rings is 2. The molecule has 3 heterocycles. The summed E-state index contributed by atoms with van der Waals surface area (Å²) >= 11 is 0. The first-order chi connectivity index (χ1) is 17.8. The van der Waals surface area contributed by atoms with Crippen LogP contribution < -0.4 is 15.0 Å². The van der Waals surface area contributed by atoms with Crippen LogP contribution in [0.5, 0.6) is 5.75 Å². The molecule has 37 heavy (non-hydrogen) atoms. The molecule has 2 fully saturated rings. The Balaban J connectivity index is 1.17. The van der Waals surface area contributed by atoms with E-state index in [1.807, 2.05) is 12.1 Å². The molecule has 1 amide bonds. The monoisotopic (exact) mass is 511 g/mol. The highest BCUT2D eigenvalue weighted by atomic mass is 19.4. The summed E-state index contributed by atoms with van der Waals surface area (Å²) < 4.78 is 40.6. The number of nitrogens with zero attached hydrogens (tertiary/aromatic N) is 4. The molecule has 194 valence electrons. The highest BCUT2D eigenvalue weighted by Crippen LogP contribution is 2.26. The van der Waals surface area contributed by atoms with Crippen molar-refractivity contribution in [1.82, 2.24) is 14.9 Å². The Labute approximate surface area is 212 Å². The second kappa shape index (κ2) is 10.8. The first kappa shape index (κ1) is 25.0. The van der Waals surface area contributed by atoms with E-state index < -0.39 is 6.36 Å². The maximum Gasteiger partial charge on any atom is 0.573 e. The van der Waals surface area contributed by atoms with Gasteiger partial charge in [-0.2, -0.15) is 0 Å². The number of hydrogen-bond acceptors (Lipinski definition) is 6. The van der Waals surface area contributed by atoms with Crippen molar-refractivity contribution in [2.24, 2.45) is 0 Å². The number of ether oxygens (including phenoxy) is 1. The number of amides is 1. The minimum Gasteiger partial charge on any atom is -0.406 e. The average Bonchev–Trinajstić information content (AvgIpc) is 3.42. The number of rotatable bonds is 6. The molecule has 0 aliphatic carbocycles. The Kier molecular flexibility index (Phi) is 7.27. The number of hydrogen-bond donors (Lipinski definition) is 1. The minimum absolute atomic E-state index is 0.317. The Morgan fingerprint density at radius 2 is 1.76 bits per heavy atom. The van der Waals surface area contributed by atoms with Gasteiger partial charge in [0.2, 0.25) is 11.9 Å². The normalized spacial score (nSPS) is 17.5. The molecule has 2 aliphatic rings. The van der Waals surface area contributed by atoms with Gasteiger partial charge in [0.05, 0.1) is 5.52 Å². The predicted octanol–water partition coefficient (Wildman–Crippen LogP) is 5.24. The van der Waals surface area contributed by atoms with Crippen LogP contribution in [0.2, 0.25) is 0 Å². The number of carbonyl (C=O) groups excluding carboxylic acids is 1. The van der Waals surface area contributed by atoms with E-state index in [0.29, 0.717) is 17.3 Å². The lowest BCUT2D eigenvalue weighted by Gasteiger charge is -2.36. The van der Waals surface area contributed by atoms with Crippen LogP contribution in [0.15, 0.2) is 54.7 Å². The molecule has 2 saturated heterocycles. The average molecular weight is 512 g/mol. The number of halogens is 3. The van der Waals surface area contributed by atoms with Gasteiger partial charge in [-0.3, -0.25) is 4.79 Å². The third kappa shape index (κ3) is 6.56. The molecule has 0 spiro atoms. The van der Waals surface area contributed by atoms with Gasteiger partial charge in [-0.15, -0.1) is 13.2 Å². The minimum atomic E-state index is -4.74. The van der Waals surface area contributed by atoms with Gasteiger partial charge in [0.15, 0.2) is 0 Å². The highest BCUT2D eigenvalue weighted by molar-refractivity contribution is 6.02. The van der Waals surface area contributed by atoms with Crippen molar-refractivity contribution in [3.8, 4) is 5.75 Å². The molecule has 10 heteroatoms. The lowest BCUT2D eigenvalue weighted by Crippen LogP contribution is -2.44. The second-order valence-corrected chi connectivity index (χ2v) is 9.34. The molecule has 0 unspecified atom stereocenters. The lowest BCUT2D eigenvalue weighted by atomic mass is 10.0. The fourth-order valence-electron chi connectivity index (χ4n) is 4.93. The summed E-state index contributed by atoms with van der Waals surface area (Å²) in [5.41, 5.74) is 1.97. The van der Waals surface area contributed by atoms with Crippen LogP contribution in [0.1, 0.15) is 31.2 Å². The molecular weight excluding hydrogens is 483 g/mol. The Morgan fingerprint density at radius 1 is 1.03 bits per heavy atom. The van der Waals surface area contributed by atoms with Gasteiger partial charge in [-0.05, 0) is 80.7 Å². The number of alkyl halides is 3. The third-order valence-corrected chi connectivity index (χ3v) is 6.78. The third-order valence-electron chi connectivity index (χ3n) is 6.78. The number of piperidine rings is 1. The molecule has 0 radical (unpaired) electrons. The van der Waals surface area contributed by atoms with Gasteiger partial charge in [-0.1, -0.05) is 12.1 Å². The number of anilines is 2. The van der Waals surface area contributed by atoms with Crippen molar-refractivity contribution < 1.29 is 22.7 Å². The molecule has 0 atom stereocenters. The maximum absolute atomic E-state index is 12.3. The number of likely N-dealkylation sites (tertiary alicyclic amines) is 1. The molecule has 7 nitrogen and oxygen atoms in total. The summed E-state index contributed by atoms with van der Waals surface area (Å²) in [5, 5.41) is 3.60. The molecule has 0 saturated carbocycles. The highest BCUT2D eigenvalue weighted by Gasteiger charge is 2.31. The van der Waals surface area contributed by atoms with Crippen molar-refractivity contribution in [2.45, 2.75) is 38.1 Å². The summed E-state index contributed by atoms with van der Waals surface area (Å²) in [7, 11) is 0. The van der Waals surface area contributed by atoms with E-state index in [9.17, 15) is 18.0 Å². The zero-order valence-electron chi connectivity index (χ0n) is 20.2. The predicted molar refractivity (Wildman–Crippen MR) is 136 cm³/mol. The van der Waals surface area contributed by atoms with Gasteiger partial charge >= 0.3 is 6.36 Å². The van der Waals surface area contributed by atoms with E-state index in [1.54, 1.807) is 12.3 Å². The van der Waals surface area contributed by atoms with Crippen LogP contribution >= 0.6 is 0 Å². The van der Waals surface area contributed by atoms with Crippen LogP contribution in [0.3, 0.4) is 0 Å². The molecule has 3 aromatic rings. The summed E-state index contributed by atoms with van der Waals surface area (Å²) in [6.45, 7) is 4.34. The molecule has 0 bridgehead atoms. The van der Waals surface area contributed by atoms with E-state index in [0.717, 1.165) is 42.8 Å². The fourth-order valence-corrected chi connectivity index (χ4v) is 4.93.